The first-order chi connectivity index (χ1) is 12.2. The van der Waals surface area contributed by atoms with Crippen molar-refractivity contribution in [1.29, 1.82) is 0 Å². The molecule has 0 spiro atoms. The lowest BCUT2D eigenvalue weighted by atomic mass is 10.2. The first-order valence-corrected chi connectivity index (χ1v) is 8.90. The van der Waals surface area contributed by atoms with E-state index in [1.807, 2.05) is 36.4 Å². The molecule has 0 aliphatic rings. The highest BCUT2D eigenvalue weighted by molar-refractivity contribution is 7.16. The van der Waals surface area contributed by atoms with Gasteiger partial charge in [-0.05, 0) is 30.2 Å². The molecular weight excluding hydrogens is 332 g/mol. The topological polar surface area (TPSA) is 43.6 Å². The molecule has 0 bridgehead atoms. The van der Waals surface area contributed by atoms with Crippen LogP contribution in [0.4, 0.5) is 0 Å². The number of aromatic nitrogens is 1. The maximum Gasteiger partial charge on any atom is 0.272 e. The highest BCUT2D eigenvalue weighted by Crippen LogP contribution is 2.20. The van der Waals surface area contributed by atoms with Crippen molar-refractivity contribution in [2.75, 3.05) is 13.7 Å². The lowest BCUT2D eigenvalue weighted by Gasteiger charge is -2.06. The van der Waals surface area contributed by atoms with Gasteiger partial charge in [0.05, 0.1) is 16.8 Å². The van der Waals surface area contributed by atoms with Gasteiger partial charge in [0.2, 0.25) is 0 Å². The Kier molecular flexibility index (Phi) is 5.58. The molecule has 1 aromatic heterocycles. The van der Waals surface area contributed by atoms with Crippen LogP contribution in [0.2, 0.25) is 0 Å². The van der Waals surface area contributed by atoms with Crippen LogP contribution in [0.1, 0.15) is 11.1 Å². The van der Waals surface area contributed by atoms with Crippen LogP contribution in [0.5, 0.6) is 0 Å². The Balaban J connectivity index is 1.99. The monoisotopic (exact) mass is 352 g/mol. The zero-order chi connectivity index (χ0) is 17.6. The Labute approximate surface area is 150 Å². The SMILES string of the molecule is COCCn1c(=NC(=O)C=Cc2ccccc2)sc2cccc(C)c21. The summed E-state index contributed by atoms with van der Waals surface area (Å²) in [6.07, 6.45) is 3.29. The second-order valence-corrected chi connectivity index (χ2v) is 6.65. The second kappa shape index (κ2) is 8.05. The van der Waals surface area contributed by atoms with Crippen molar-refractivity contribution < 1.29 is 9.53 Å². The maximum absolute atomic E-state index is 12.3. The van der Waals surface area contributed by atoms with E-state index in [4.69, 9.17) is 4.74 Å². The fourth-order valence-electron chi connectivity index (χ4n) is 2.65. The molecule has 0 aliphatic heterocycles. The van der Waals surface area contributed by atoms with Gasteiger partial charge in [-0.1, -0.05) is 53.8 Å². The fourth-order valence-corrected chi connectivity index (χ4v) is 3.79. The van der Waals surface area contributed by atoms with E-state index in [2.05, 4.69) is 28.6 Å². The molecule has 3 rings (SSSR count). The summed E-state index contributed by atoms with van der Waals surface area (Å²) in [6, 6.07) is 15.9. The summed E-state index contributed by atoms with van der Waals surface area (Å²) in [5.74, 6) is -0.265. The highest BCUT2D eigenvalue weighted by atomic mass is 32.1. The van der Waals surface area contributed by atoms with Gasteiger partial charge in [-0.3, -0.25) is 4.79 Å². The van der Waals surface area contributed by atoms with E-state index in [1.165, 1.54) is 23.0 Å². The normalized spacial score (nSPS) is 12.3. The Morgan fingerprint density at radius 2 is 2.00 bits per heavy atom. The molecule has 25 heavy (non-hydrogen) atoms. The number of carbonyl (C=O) groups excluding carboxylic acids is 1. The third-order valence-electron chi connectivity index (χ3n) is 3.85. The predicted molar refractivity (Wildman–Crippen MR) is 102 cm³/mol. The van der Waals surface area contributed by atoms with E-state index in [9.17, 15) is 4.79 Å². The highest BCUT2D eigenvalue weighted by Gasteiger charge is 2.09. The van der Waals surface area contributed by atoms with E-state index in [0.29, 0.717) is 18.0 Å². The number of aryl methyl sites for hydroxylation is 1. The van der Waals surface area contributed by atoms with Crippen LogP contribution in [0.25, 0.3) is 16.3 Å². The predicted octanol–water partition coefficient (Wildman–Crippen LogP) is 3.80. The molecule has 0 unspecified atom stereocenters. The number of rotatable bonds is 5. The van der Waals surface area contributed by atoms with Gasteiger partial charge in [0.1, 0.15) is 0 Å². The second-order valence-electron chi connectivity index (χ2n) is 5.64. The third kappa shape index (κ3) is 4.13. The van der Waals surface area contributed by atoms with Crippen LogP contribution in [-0.2, 0) is 16.1 Å². The van der Waals surface area contributed by atoms with Crippen molar-refractivity contribution in [3.8, 4) is 0 Å². The van der Waals surface area contributed by atoms with E-state index in [0.717, 1.165) is 15.8 Å². The van der Waals surface area contributed by atoms with E-state index in [1.54, 1.807) is 13.2 Å². The Morgan fingerprint density at radius 3 is 2.76 bits per heavy atom. The molecule has 0 fully saturated rings. The van der Waals surface area contributed by atoms with Crippen LogP contribution < -0.4 is 4.80 Å². The lowest BCUT2D eigenvalue weighted by molar-refractivity contribution is -0.113. The molecule has 0 N–H and O–H groups in total. The standard InChI is InChI=1S/C20H20N2O2S/c1-15-7-6-10-17-19(15)22(13-14-24-2)20(25-17)21-18(23)12-11-16-8-4-3-5-9-16/h3-12H,13-14H2,1-2H3. The van der Waals surface area contributed by atoms with Crippen molar-refractivity contribution in [3.05, 3.63) is 70.5 Å². The van der Waals surface area contributed by atoms with Crippen molar-refractivity contribution in [3.63, 3.8) is 0 Å². The minimum atomic E-state index is -0.265. The Bertz CT molecular complexity index is 968. The van der Waals surface area contributed by atoms with Gasteiger partial charge in [-0.25, -0.2) is 0 Å². The van der Waals surface area contributed by atoms with Crippen LogP contribution in [0.3, 0.4) is 0 Å². The summed E-state index contributed by atoms with van der Waals surface area (Å²) in [4.78, 5) is 17.3. The lowest BCUT2D eigenvalue weighted by Crippen LogP contribution is -2.19. The fraction of sp³-hybridized carbons (Fsp3) is 0.200. The molecule has 0 atom stereocenters. The Hall–Kier alpha value is -2.50. The Morgan fingerprint density at radius 1 is 1.20 bits per heavy atom. The molecule has 0 saturated carbocycles. The van der Waals surface area contributed by atoms with E-state index < -0.39 is 0 Å². The molecule has 3 aromatic rings. The summed E-state index contributed by atoms with van der Waals surface area (Å²) in [5, 5.41) is 0. The number of para-hydroxylation sites is 1. The average molecular weight is 352 g/mol. The number of methoxy groups -OCH3 is 1. The number of carbonyl (C=O) groups is 1. The molecular formula is C20H20N2O2S. The number of fused-ring (bicyclic) bond motifs is 1. The molecule has 2 aromatic carbocycles. The zero-order valence-electron chi connectivity index (χ0n) is 14.3. The largest absolute Gasteiger partial charge is 0.383 e. The molecule has 1 amide bonds. The number of nitrogens with zero attached hydrogens (tertiary/aromatic N) is 2. The van der Waals surface area contributed by atoms with Crippen molar-refractivity contribution in [2.45, 2.75) is 13.5 Å². The van der Waals surface area contributed by atoms with Crippen molar-refractivity contribution >= 4 is 33.5 Å². The molecule has 5 heteroatoms. The number of hydrogen-bond acceptors (Lipinski definition) is 3. The van der Waals surface area contributed by atoms with Gasteiger partial charge in [-0.15, -0.1) is 0 Å². The number of amides is 1. The van der Waals surface area contributed by atoms with Crippen LogP contribution in [0, 0.1) is 6.92 Å². The van der Waals surface area contributed by atoms with Crippen molar-refractivity contribution in [1.82, 2.24) is 4.57 Å². The summed E-state index contributed by atoms with van der Waals surface area (Å²) >= 11 is 1.52. The number of thiazole rings is 1. The molecule has 4 nitrogen and oxygen atoms in total. The van der Waals surface area contributed by atoms with Gasteiger partial charge in [-0.2, -0.15) is 4.99 Å². The van der Waals surface area contributed by atoms with E-state index in [-0.39, 0.29) is 5.91 Å². The van der Waals surface area contributed by atoms with Gasteiger partial charge < -0.3 is 9.30 Å². The number of ether oxygens (including phenoxy) is 1. The maximum atomic E-state index is 12.3. The molecule has 128 valence electrons. The number of hydrogen-bond donors (Lipinski definition) is 0. The third-order valence-corrected chi connectivity index (χ3v) is 4.89. The van der Waals surface area contributed by atoms with Gasteiger partial charge in [0.15, 0.2) is 4.80 Å². The zero-order valence-corrected chi connectivity index (χ0v) is 15.1. The van der Waals surface area contributed by atoms with Gasteiger partial charge in [0.25, 0.3) is 5.91 Å². The van der Waals surface area contributed by atoms with Crippen LogP contribution >= 0.6 is 11.3 Å². The van der Waals surface area contributed by atoms with E-state index >= 15 is 0 Å². The minimum absolute atomic E-state index is 0.265. The first-order valence-electron chi connectivity index (χ1n) is 8.09. The molecule has 0 saturated heterocycles. The minimum Gasteiger partial charge on any atom is -0.383 e. The van der Waals surface area contributed by atoms with Gasteiger partial charge >= 0.3 is 0 Å². The molecule has 0 radical (unpaired) electrons. The molecule has 0 aliphatic carbocycles. The van der Waals surface area contributed by atoms with Crippen molar-refractivity contribution in [2.24, 2.45) is 4.99 Å². The molecule has 1 heterocycles. The average Bonchev–Trinajstić information content (AvgIpc) is 2.97. The summed E-state index contributed by atoms with van der Waals surface area (Å²) < 4.78 is 8.40. The van der Waals surface area contributed by atoms with Gasteiger partial charge in [0, 0.05) is 19.7 Å². The number of benzene rings is 2. The van der Waals surface area contributed by atoms with Crippen LogP contribution in [0.15, 0.2) is 59.6 Å². The first kappa shape index (κ1) is 17.3. The summed E-state index contributed by atoms with van der Waals surface area (Å²) in [6.45, 7) is 3.30. The summed E-state index contributed by atoms with van der Waals surface area (Å²) in [5.41, 5.74) is 3.26. The smallest absolute Gasteiger partial charge is 0.272 e. The van der Waals surface area contributed by atoms with Crippen LogP contribution in [-0.4, -0.2) is 24.2 Å². The quantitative estimate of drug-likeness (QED) is 0.656. The summed E-state index contributed by atoms with van der Waals surface area (Å²) in [7, 11) is 1.67.